The minimum atomic E-state index is -0.552. The van der Waals surface area contributed by atoms with E-state index in [2.05, 4.69) is 5.32 Å². The van der Waals surface area contributed by atoms with Gasteiger partial charge in [0.2, 0.25) is 0 Å². The lowest BCUT2D eigenvalue weighted by molar-refractivity contribution is 0.142. The fraction of sp³-hybridized carbons (Fsp3) is 0.438. The first-order chi connectivity index (χ1) is 9.90. The number of rotatable bonds is 4. The van der Waals surface area contributed by atoms with Crippen molar-refractivity contribution >= 4 is 17.0 Å². The Morgan fingerprint density at radius 1 is 1.38 bits per heavy atom. The number of nitrogens with one attached hydrogen (secondary N) is 1. The monoisotopic (exact) mass is 290 g/mol. The van der Waals surface area contributed by atoms with Crippen LogP contribution in [-0.4, -0.2) is 35.7 Å². The van der Waals surface area contributed by atoms with Crippen molar-refractivity contribution in [1.29, 1.82) is 0 Å². The van der Waals surface area contributed by atoms with Crippen molar-refractivity contribution in [2.75, 3.05) is 13.6 Å². The Morgan fingerprint density at radius 3 is 2.67 bits per heavy atom. The SMILES string of the molecule is Cc1c(C(C)NC(=O)N(C)CC(C)O)oc2ccccc12. The van der Waals surface area contributed by atoms with Gasteiger partial charge in [-0.25, -0.2) is 4.79 Å². The fourth-order valence-corrected chi connectivity index (χ4v) is 2.45. The summed E-state index contributed by atoms with van der Waals surface area (Å²) >= 11 is 0. The number of hydrogen-bond donors (Lipinski definition) is 2. The number of para-hydroxylation sites is 1. The van der Waals surface area contributed by atoms with E-state index in [0.29, 0.717) is 0 Å². The standard InChI is InChI=1S/C16H22N2O3/c1-10(19)9-18(4)16(20)17-12(3)15-11(2)13-7-5-6-8-14(13)21-15/h5-8,10,12,19H,9H2,1-4H3,(H,17,20). The molecule has 2 amide bonds. The second kappa shape index (κ2) is 6.18. The molecule has 2 aromatic rings. The zero-order chi connectivity index (χ0) is 15.6. The Hall–Kier alpha value is -2.01. The highest BCUT2D eigenvalue weighted by Crippen LogP contribution is 2.29. The second-order valence-corrected chi connectivity index (χ2v) is 5.49. The van der Waals surface area contributed by atoms with Gasteiger partial charge in [0.25, 0.3) is 0 Å². The molecule has 1 heterocycles. The maximum atomic E-state index is 12.1. The number of aryl methyl sites for hydroxylation is 1. The first-order valence-corrected chi connectivity index (χ1v) is 7.08. The summed E-state index contributed by atoms with van der Waals surface area (Å²) in [6, 6.07) is 7.35. The van der Waals surface area contributed by atoms with Crippen molar-refractivity contribution in [3.8, 4) is 0 Å². The molecule has 0 aliphatic carbocycles. The van der Waals surface area contributed by atoms with Crippen molar-refractivity contribution in [3.05, 3.63) is 35.6 Å². The van der Waals surface area contributed by atoms with Gasteiger partial charge in [0.15, 0.2) is 0 Å². The topological polar surface area (TPSA) is 65.7 Å². The van der Waals surface area contributed by atoms with E-state index in [9.17, 15) is 9.90 Å². The zero-order valence-electron chi connectivity index (χ0n) is 12.9. The van der Waals surface area contributed by atoms with E-state index < -0.39 is 6.10 Å². The van der Waals surface area contributed by atoms with Crippen molar-refractivity contribution in [2.24, 2.45) is 0 Å². The number of hydrogen-bond acceptors (Lipinski definition) is 3. The second-order valence-electron chi connectivity index (χ2n) is 5.49. The predicted molar refractivity (Wildman–Crippen MR) is 82.2 cm³/mol. The van der Waals surface area contributed by atoms with Gasteiger partial charge < -0.3 is 19.7 Å². The van der Waals surface area contributed by atoms with Gasteiger partial charge in [-0.05, 0) is 26.8 Å². The van der Waals surface area contributed by atoms with Crippen molar-refractivity contribution in [1.82, 2.24) is 10.2 Å². The summed E-state index contributed by atoms with van der Waals surface area (Å²) in [7, 11) is 1.65. The molecule has 0 fully saturated rings. The van der Waals surface area contributed by atoms with Gasteiger partial charge in [0.1, 0.15) is 11.3 Å². The lowest BCUT2D eigenvalue weighted by atomic mass is 10.1. The van der Waals surface area contributed by atoms with Crippen molar-refractivity contribution < 1.29 is 14.3 Å². The summed E-state index contributed by atoms with van der Waals surface area (Å²) in [5.74, 6) is 0.759. The number of amides is 2. The predicted octanol–water partition coefficient (Wildman–Crippen LogP) is 2.82. The number of furan rings is 1. The van der Waals surface area contributed by atoms with Crippen LogP contribution >= 0.6 is 0 Å². The molecule has 5 heteroatoms. The molecule has 0 spiro atoms. The van der Waals surface area contributed by atoms with E-state index in [1.165, 1.54) is 4.90 Å². The lowest BCUT2D eigenvalue weighted by Gasteiger charge is -2.21. The summed E-state index contributed by atoms with van der Waals surface area (Å²) in [6.45, 7) is 5.82. The highest BCUT2D eigenvalue weighted by Gasteiger charge is 2.20. The van der Waals surface area contributed by atoms with E-state index >= 15 is 0 Å². The van der Waals surface area contributed by atoms with Gasteiger partial charge in [-0.1, -0.05) is 18.2 Å². The molecule has 0 aliphatic rings. The summed E-state index contributed by atoms with van der Waals surface area (Å²) in [6.07, 6.45) is -0.552. The number of carbonyl (C=O) groups is 1. The van der Waals surface area contributed by atoms with Gasteiger partial charge in [0, 0.05) is 24.5 Å². The van der Waals surface area contributed by atoms with E-state index in [4.69, 9.17) is 4.42 Å². The molecule has 1 aromatic heterocycles. The number of benzene rings is 1. The van der Waals surface area contributed by atoms with Crippen molar-refractivity contribution in [2.45, 2.75) is 32.9 Å². The van der Waals surface area contributed by atoms with Crippen LogP contribution in [-0.2, 0) is 0 Å². The van der Waals surface area contributed by atoms with Gasteiger partial charge in [0.05, 0.1) is 12.1 Å². The van der Waals surface area contributed by atoms with Gasteiger partial charge >= 0.3 is 6.03 Å². The van der Waals surface area contributed by atoms with Crippen LogP contribution in [0.15, 0.2) is 28.7 Å². The van der Waals surface area contributed by atoms with Gasteiger partial charge in [-0.2, -0.15) is 0 Å². The molecule has 21 heavy (non-hydrogen) atoms. The average molecular weight is 290 g/mol. The van der Waals surface area contributed by atoms with Crippen LogP contribution < -0.4 is 5.32 Å². The summed E-state index contributed by atoms with van der Waals surface area (Å²) < 4.78 is 5.84. The highest BCUT2D eigenvalue weighted by molar-refractivity contribution is 5.82. The molecular formula is C16H22N2O3. The van der Waals surface area contributed by atoms with E-state index in [-0.39, 0.29) is 18.6 Å². The normalized spacial score (nSPS) is 14.0. The Morgan fingerprint density at radius 2 is 2.05 bits per heavy atom. The molecule has 0 saturated heterocycles. The number of urea groups is 1. The summed E-state index contributed by atoms with van der Waals surface area (Å²) in [5, 5.41) is 13.3. The first kappa shape index (κ1) is 15.4. The van der Waals surface area contributed by atoms with Crippen LogP contribution in [0, 0.1) is 6.92 Å². The van der Waals surface area contributed by atoms with E-state index in [0.717, 1.165) is 22.3 Å². The molecule has 114 valence electrons. The Labute approximate surface area is 124 Å². The number of nitrogens with zero attached hydrogens (tertiary/aromatic N) is 1. The van der Waals surface area contributed by atoms with Crippen LogP contribution in [0.3, 0.4) is 0 Å². The molecule has 0 aliphatic heterocycles. The largest absolute Gasteiger partial charge is 0.459 e. The van der Waals surface area contributed by atoms with Gasteiger partial charge in [-0.3, -0.25) is 0 Å². The Bertz CT molecular complexity index is 633. The van der Waals surface area contributed by atoms with Gasteiger partial charge in [-0.15, -0.1) is 0 Å². The maximum absolute atomic E-state index is 12.1. The minimum absolute atomic E-state index is 0.233. The third-order valence-corrected chi connectivity index (χ3v) is 3.50. The summed E-state index contributed by atoms with van der Waals surface area (Å²) in [5.41, 5.74) is 1.86. The molecule has 2 atom stereocenters. The minimum Gasteiger partial charge on any atom is -0.459 e. The Kier molecular flexibility index (Phi) is 4.53. The third-order valence-electron chi connectivity index (χ3n) is 3.50. The van der Waals surface area contributed by atoms with Crippen molar-refractivity contribution in [3.63, 3.8) is 0 Å². The zero-order valence-corrected chi connectivity index (χ0v) is 12.9. The third kappa shape index (κ3) is 3.36. The maximum Gasteiger partial charge on any atom is 0.317 e. The fourth-order valence-electron chi connectivity index (χ4n) is 2.45. The molecule has 0 radical (unpaired) electrons. The van der Waals surface area contributed by atoms with Crippen LogP contribution in [0.1, 0.15) is 31.2 Å². The molecule has 0 saturated carbocycles. The number of aliphatic hydroxyl groups excluding tert-OH is 1. The van der Waals surface area contributed by atoms with Crippen LogP contribution in [0.2, 0.25) is 0 Å². The van der Waals surface area contributed by atoms with Crippen LogP contribution in [0.4, 0.5) is 4.79 Å². The molecule has 2 unspecified atom stereocenters. The molecule has 2 rings (SSSR count). The average Bonchev–Trinajstić information content (AvgIpc) is 2.76. The number of fused-ring (bicyclic) bond motifs is 1. The molecule has 5 nitrogen and oxygen atoms in total. The smallest absolute Gasteiger partial charge is 0.317 e. The highest BCUT2D eigenvalue weighted by atomic mass is 16.3. The number of carbonyl (C=O) groups excluding carboxylic acids is 1. The lowest BCUT2D eigenvalue weighted by Crippen LogP contribution is -2.41. The Balaban J connectivity index is 2.13. The molecule has 2 N–H and O–H groups in total. The van der Waals surface area contributed by atoms with Crippen LogP contribution in [0.25, 0.3) is 11.0 Å². The molecular weight excluding hydrogens is 268 g/mol. The molecule has 0 bridgehead atoms. The summed E-state index contributed by atoms with van der Waals surface area (Å²) in [4.78, 5) is 13.5. The quantitative estimate of drug-likeness (QED) is 0.910. The van der Waals surface area contributed by atoms with Crippen LogP contribution in [0.5, 0.6) is 0 Å². The first-order valence-electron chi connectivity index (χ1n) is 7.08. The van der Waals surface area contributed by atoms with E-state index in [1.807, 2.05) is 38.1 Å². The number of likely N-dealkylation sites (N-methyl/N-ethyl adjacent to an activating group) is 1. The van der Waals surface area contributed by atoms with E-state index in [1.54, 1.807) is 14.0 Å². The number of aliphatic hydroxyl groups is 1. The molecule has 1 aromatic carbocycles.